The van der Waals surface area contributed by atoms with Gasteiger partial charge in [0.25, 0.3) is 0 Å². The molecule has 0 aliphatic carbocycles. The Morgan fingerprint density at radius 2 is 2.17 bits per heavy atom. The van der Waals surface area contributed by atoms with Gasteiger partial charge in [-0.25, -0.2) is 4.98 Å². The van der Waals surface area contributed by atoms with Crippen molar-refractivity contribution >= 4 is 0 Å². The third kappa shape index (κ3) is 2.35. The SMILES string of the molecule is OCC#Cc1cccc(CO)n1. The van der Waals surface area contributed by atoms with Crippen molar-refractivity contribution in [3.63, 3.8) is 0 Å². The van der Waals surface area contributed by atoms with Gasteiger partial charge in [-0.05, 0) is 18.1 Å². The first-order valence-electron chi connectivity index (χ1n) is 3.53. The number of nitrogens with zero attached hydrogens (tertiary/aromatic N) is 1. The molecule has 0 saturated heterocycles. The predicted octanol–water partition coefficient (Wildman–Crippen LogP) is -0.0823. The van der Waals surface area contributed by atoms with Crippen molar-refractivity contribution in [1.29, 1.82) is 0 Å². The van der Waals surface area contributed by atoms with E-state index in [1.807, 2.05) is 0 Å². The van der Waals surface area contributed by atoms with Gasteiger partial charge in [0.2, 0.25) is 0 Å². The zero-order chi connectivity index (χ0) is 8.81. The molecular formula is C9H9NO2. The van der Waals surface area contributed by atoms with E-state index in [0.29, 0.717) is 11.4 Å². The first kappa shape index (κ1) is 8.72. The van der Waals surface area contributed by atoms with E-state index in [-0.39, 0.29) is 13.2 Å². The molecule has 0 aliphatic heterocycles. The van der Waals surface area contributed by atoms with Crippen LogP contribution in [0.5, 0.6) is 0 Å². The number of aliphatic hydroxyl groups is 2. The van der Waals surface area contributed by atoms with Crippen LogP contribution < -0.4 is 0 Å². The molecule has 0 bridgehead atoms. The molecule has 0 atom stereocenters. The molecule has 12 heavy (non-hydrogen) atoms. The molecule has 1 rings (SSSR count). The summed E-state index contributed by atoms with van der Waals surface area (Å²) in [5, 5.41) is 17.1. The first-order valence-corrected chi connectivity index (χ1v) is 3.53. The lowest BCUT2D eigenvalue weighted by molar-refractivity contribution is 0.277. The minimum atomic E-state index is -0.176. The summed E-state index contributed by atoms with van der Waals surface area (Å²) in [5.41, 5.74) is 1.15. The summed E-state index contributed by atoms with van der Waals surface area (Å²) < 4.78 is 0. The normalized spacial score (nSPS) is 8.83. The molecule has 62 valence electrons. The van der Waals surface area contributed by atoms with E-state index >= 15 is 0 Å². The second-order valence-corrected chi connectivity index (χ2v) is 2.13. The molecular weight excluding hydrogens is 154 g/mol. The largest absolute Gasteiger partial charge is 0.390 e. The van der Waals surface area contributed by atoms with Crippen molar-refractivity contribution < 1.29 is 10.2 Å². The van der Waals surface area contributed by atoms with Crippen molar-refractivity contribution in [2.75, 3.05) is 6.61 Å². The fraction of sp³-hybridized carbons (Fsp3) is 0.222. The van der Waals surface area contributed by atoms with Crippen LogP contribution in [0.25, 0.3) is 0 Å². The summed E-state index contributed by atoms with van der Waals surface area (Å²) >= 11 is 0. The quantitative estimate of drug-likeness (QED) is 0.569. The summed E-state index contributed by atoms with van der Waals surface area (Å²) in [5.74, 6) is 5.12. The number of pyridine rings is 1. The van der Waals surface area contributed by atoms with Gasteiger partial charge in [-0.1, -0.05) is 12.0 Å². The maximum absolute atomic E-state index is 8.73. The van der Waals surface area contributed by atoms with Crippen molar-refractivity contribution in [3.05, 3.63) is 29.6 Å². The molecule has 0 saturated carbocycles. The van der Waals surface area contributed by atoms with Gasteiger partial charge in [-0.2, -0.15) is 0 Å². The Labute approximate surface area is 70.7 Å². The molecule has 1 aromatic rings. The lowest BCUT2D eigenvalue weighted by atomic mass is 10.3. The molecule has 3 nitrogen and oxygen atoms in total. The van der Waals surface area contributed by atoms with E-state index < -0.39 is 0 Å². The zero-order valence-corrected chi connectivity index (χ0v) is 6.49. The molecule has 0 aromatic carbocycles. The lowest BCUT2D eigenvalue weighted by Crippen LogP contribution is -1.91. The van der Waals surface area contributed by atoms with Crippen molar-refractivity contribution in [2.24, 2.45) is 0 Å². The maximum atomic E-state index is 8.73. The Hall–Kier alpha value is -1.37. The van der Waals surface area contributed by atoms with Crippen molar-refractivity contribution in [1.82, 2.24) is 4.98 Å². The number of aromatic nitrogens is 1. The van der Waals surface area contributed by atoms with E-state index in [9.17, 15) is 0 Å². The molecule has 0 radical (unpaired) electrons. The van der Waals surface area contributed by atoms with Gasteiger partial charge < -0.3 is 10.2 Å². The average Bonchev–Trinajstić information content (AvgIpc) is 2.15. The van der Waals surface area contributed by atoms with Gasteiger partial charge >= 0.3 is 0 Å². The summed E-state index contributed by atoms with van der Waals surface area (Å²) in [4.78, 5) is 3.99. The Balaban J connectivity index is 2.86. The monoisotopic (exact) mass is 163 g/mol. The van der Waals surface area contributed by atoms with Crippen molar-refractivity contribution in [2.45, 2.75) is 6.61 Å². The Bertz CT molecular complexity index is 312. The van der Waals surface area contributed by atoms with E-state index in [1.54, 1.807) is 18.2 Å². The van der Waals surface area contributed by atoms with Crippen LogP contribution >= 0.6 is 0 Å². The highest BCUT2D eigenvalue weighted by Gasteiger charge is 1.91. The minimum Gasteiger partial charge on any atom is -0.390 e. The highest BCUT2D eigenvalue weighted by Crippen LogP contribution is 1.97. The first-order chi connectivity index (χ1) is 5.86. The number of rotatable bonds is 1. The highest BCUT2D eigenvalue weighted by molar-refractivity contribution is 5.28. The van der Waals surface area contributed by atoms with Crippen LogP contribution in [0.2, 0.25) is 0 Å². The van der Waals surface area contributed by atoms with Crippen LogP contribution in [-0.4, -0.2) is 21.8 Å². The molecule has 0 unspecified atom stereocenters. The van der Waals surface area contributed by atoms with Crippen LogP contribution in [0, 0.1) is 11.8 Å². The Morgan fingerprint density at radius 1 is 1.33 bits per heavy atom. The molecule has 3 heteroatoms. The lowest BCUT2D eigenvalue weighted by Gasteiger charge is -1.94. The molecule has 2 N–H and O–H groups in total. The standard InChI is InChI=1S/C9H9NO2/c11-6-2-5-8-3-1-4-9(7-12)10-8/h1,3-4,11-12H,6-7H2. The number of aliphatic hydroxyl groups excluding tert-OH is 2. The van der Waals surface area contributed by atoms with E-state index in [4.69, 9.17) is 10.2 Å². The van der Waals surface area contributed by atoms with Gasteiger partial charge in [0, 0.05) is 0 Å². The van der Waals surface area contributed by atoms with E-state index in [2.05, 4.69) is 16.8 Å². The van der Waals surface area contributed by atoms with Crippen molar-refractivity contribution in [3.8, 4) is 11.8 Å². The summed E-state index contributed by atoms with van der Waals surface area (Å²) in [6.45, 7) is -0.264. The fourth-order valence-electron chi connectivity index (χ4n) is 0.767. The molecule has 0 fully saturated rings. The highest BCUT2D eigenvalue weighted by atomic mass is 16.3. The number of hydrogen-bond donors (Lipinski definition) is 2. The van der Waals surface area contributed by atoms with Crippen LogP contribution in [0.1, 0.15) is 11.4 Å². The molecule has 0 aliphatic rings. The van der Waals surface area contributed by atoms with Crippen LogP contribution in [0.15, 0.2) is 18.2 Å². The number of hydrogen-bond acceptors (Lipinski definition) is 3. The molecule has 1 aromatic heterocycles. The molecule has 0 amide bonds. The maximum Gasteiger partial charge on any atom is 0.113 e. The van der Waals surface area contributed by atoms with Gasteiger partial charge in [0.15, 0.2) is 0 Å². The Kier molecular flexibility index (Phi) is 3.27. The second-order valence-electron chi connectivity index (χ2n) is 2.13. The second kappa shape index (κ2) is 4.50. The minimum absolute atomic E-state index is 0.0886. The molecule has 0 spiro atoms. The van der Waals surface area contributed by atoms with E-state index in [0.717, 1.165) is 0 Å². The summed E-state index contributed by atoms with van der Waals surface area (Å²) in [7, 11) is 0. The molecule has 1 heterocycles. The van der Waals surface area contributed by atoms with Crippen LogP contribution in [0.3, 0.4) is 0 Å². The van der Waals surface area contributed by atoms with Gasteiger partial charge in [0.1, 0.15) is 12.3 Å². The van der Waals surface area contributed by atoms with Gasteiger partial charge in [0.05, 0.1) is 12.3 Å². The predicted molar refractivity (Wildman–Crippen MR) is 44.1 cm³/mol. The smallest absolute Gasteiger partial charge is 0.113 e. The van der Waals surface area contributed by atoms with Crippen LogP contribution in [0.4, 0.5) is 0 Å². The third-order valence-electron chi connectivity index (χ3n) is 1.26. The topological polar surface area (TPSA) is 53.4 Å². The van der Waals surface area contributed by atoms with Gasteiger partial charge in [-0.3, -0.25) is 0 Å². The zero-order valence-electron chi connectivity index (χ0n) is 6.49. The van der Waals surface area contributed by atoms with Crippen LogP contribution in [-0.2, 0) is 6.61 Å². The van der Waals surface area contributed by atoms with Gasteiger partial charge in [-0.15, -0.1) is 0 Å². The Morgan fingerprint density at radius 3 is 2.83 bits per heavy atom. The third-order valence-corrected chi connectivity index (χ3v) is 1.26. The average molecular weight is 163 g/mol. The summed E-state index contributed by atoms with van der Waals surface area (Å²) in [6, 6.07) is 5.20. The van der Waals surface area contributed by atoms with E-state index in [1.165, 1.54) is 0 Å². The fourth-order valence-corrected chi connectivity index (χ4v) is 0.767. The summed E-state index contributed by atoms with van der Waals surface area (Å²) in [6.07, 6.45) is 0.